The Morgan fingerprint density at radius 3 is 2.62 bits per heavy atom. The standard InChI is InChI=1S/C16H27N3O2/c1-5-8-19(12-16(2,3)11-17)10-14-7-6-13(9-18-14)15(20)21-4/h6-7,9H,5,8,10-12,17H2,1-4H3. The maximum absolute atomic E-state index is 11.4. The van der Waals surface area contributed by atoms with Gasteiger partial charge in [0.15, 0.2) is 0 Å². The monoisotopic (exact) mass is 293 g/mol. The van der Waals surface area contributed by atoms with Crippen LogP contribution >= 0.6 is 0 Å². The summed E-state index contributed by atoms with van der Waals surface area (Å²) < 4.78 is 4.67. The smallest absolute Gasteiger partial charge is 0.339 e. The Balaban J connectivity index is 2.72. The molecule has 118 valence electrons. The number of esters is 1. The van der Waals surface area contributed by atoms with Gasteiger partial charge in [-0.2, -0.15) is 0 Å². The van der Waals surface area contributed by atoms with Crippen LogP contribution in [-0.2, 0) is 11.3 Å². The topological polar surface area (TPSA) is 68.5 Å². The van der Waals surface area contributed by atoms with Crippen LogP contribution in [-0.4, -0.2) is 42.6 Å². The van der Waals surface area contributed by atoms with Gasteiger partial charge in [0.05, 0.1) is 18.4 Å². The Morgan fingerprint density at radius 2 is 2.14 bits per heavy atom. The summed E-state index contributed by atoms with van der Waals surface area (Å²) in [5.74, 6) is -0.358. The van der Waals surface area contributed by atoms with Crippen molar-refractivity contribution in [2.24, 2.45) is 11.1 Å². The van der Waals surface area contributed by atoms with Crippen molar-refractivity contribution in [1.29, 1.82) is 0 Å². The Morgan fingerprint density at radius 1 is 1.43 bits per heavy atom. The fourth-order valence-corrected chi connectivity index (χ4v) is 2.19. The highest BCUT2D eigenvalue weighted by atomic mass is 16.5. The van der Waals surface area contributed by atoms with Crippen LogP contribution in [0, 0.1) is 5.41 Å². The molecule has 21 heavy (non-hydrogen) atoms. The summed E-state index contributed by atoms with van der Waals surface area (Å²) in [5, 5.41) is 0. The summed E-state index contributed by atoms with van der Waals surface area (Å²) in [6.45, 7) is 9.85. The van der Waals surface area contributed by atoms with Crippen LogP contribution in [0.2, 0.25) is 0 Å². The third-order valence-corrected chi connectivity index (χ3v) is 3.38. The molecule has 0 aliphatic rings. The van der Waals surface area contributed by atoms with Gasteiger partial charge in [-0.15, -0.1) is 0 Å². The van der Waals surface area contributed by atoms with Crippen LogP contribution in [0.25, 0.3) is 0 Å². The molecule has 1 rings (SSSR count). The number of rotatable bonds is 8. The zero-order chi connectivity index (χ0) is 15.9. The molecule has 0 aliphatic heterocycles. The van der Waals surface area contributed by atoms with Crippen molar-refractivity contribution >= 4 is 5.97 Å². The Labute approximate surface area is 127 Å². The second-order valence-corrected chi connectivity index (χ2v) is 6.11. The number of carbonyl (C=O) groups is 1. The summed E-state index contributed by atoms with van der Waals surface area (Å²) in [7, 11) is 1.37. The number of pyridine rings is 1. The quantitative estimate of drug-likeness (QED) is 0.743. The lowest BCUT2D eigenvalue weighted by molar-refractivity contribution is 0.0600. The molecule has 0 fully saturated rings. The summed E-state index contributed by atoms with van der Waals surface area (Å²) in [6.07, 6.45) is 2.65. The van der Waals surface area contributed by atoms with Gasteiger partial charge in [0.25, 0.3) is 0 Å². The Hall–Kier alpha value is -1.46. The van der Waals surface area contributed by atoms with E-state index in [1.54, 1.807) is 12.3 Å². The SMILES string of the molecule is CCCN(Cc1ccc(C(=O)OC)cn1)CC(C)(C)CN. The van der Waals surface area contributed by atoms with E-state index in [9.17, 15) is 4.79 Å². The molecule has 0 unspecified atom stereocenters. The zero-order valence-electron chi connectivity index (χ0n) is 13.6. The molecule has 5 heteroatoms. The minimum absolute atomic E-state index is 0.0845. The van der Waals surface area contributed by atoms with Crippen molar-refractivity contribution < 1.29 is 9.53 Å². The fourth-order valence-electron chi connectivity index (χ4n) is 2.19. The second-order valence-electron chi connectivity index (χ2n) is 6.11. The lowest BCUT2D eigenvalue weighted by Gasteiger charge is -2.31. The van der Waals surface area contributed by atoms with Crippen LogP contribution in [0.3, 0.4) is 0 Å². The van der Waals surface area contributed by atoms with Gasteiger partial charge >= 0.3 is 5.97 Å². The third kappa shape index (κ3) is 5.81. The summed E-state index contributed by atoms with van der Waals surface area (Å²) in [4.78, 5) is 18.1. The normalized spacial score (nSPS) is 11.7. The van der Waals surface area contributed by atoms with Gasteiger partial charge in [-0.3, -0.25) is 9.88 Å². The molecule has 0 saturated heterocycles. The van der Waals surface area contributed by atoms with E-state index >= 15 is 0 Å². The highest BCUT2D eigenvalue weighted by molar-refractivity contribution is 5.88. The first-order valence-electron chi connectivity index (χ1n) is 7.37. The number of nitrogens with two attached hydrogens (primary N) is 1. The van der Waals surface area contributed by atoms with Crippen molar-refractivity contribution in [3.05, 3.63) is 29.6 Å². The first-order valence-corrected chi connectivity index (χ1v) is 7.37. The minimum atomic E-state index is -0.358. The van der Waals surface area contributed by atoms with Crippen LogP contribution in [0.4, 0.5) is 0 Å². The molecular formula is C16H27N3O2. The molecule has 0 amide bonds. The summed E-state index contributed by atoms with van der Waals surface area (Å²) in [6, 6.07) is 3.64. The van der Waals surface area contributed by atoms with Crippen molar-refractivity contribution in [2.45, 2.75) is 33.7 Å². The molecular weight excluding hydrogens is 266 g/mol. The molecule has 0 aliphatic carbocycles. The number of hydrogen-bond donors (Lipinski definition) is 1. The van der Waals surface area contributed by atoms with Gasteiger partial charge in [-0.1, -0.05) is 20.8 Å². The predicted molar refractivity (Wildman–Crippen MR) is 84.0 cm³/mol. The summed E-state index contributed by atoms with van der Waals surface area (Å²) in [5.41, 5.74) is 7.33. The van der Waals surface area contributed by atoms with Gasteiger partial charge in [-0.05, 0) is 37.1 Å². The lowest BCUT2D eigenvalue weighted by atomic mass is 9.93. The number of carbonyl (C=O) groups excluding carboxylic acids is 1. The number of nitrogens with zero attached hydrogens (tertiary/aromatic N) is 2. The Kier molecular flexibility index (Phi) is 6.78. The molecule has 0 radical (unpaired) electrons. The summed E-state index contributed by atoms with van der Waals surface area (Å²) >= 11 is 0. The molecule has 0 saturated carbocycles. The fraction of sp³-hybridized carbons (Fsp3) is 0.625. The first kappa shape index (κ1) is 17.6. The molecule has 2 N–H and O–H groups in total. The zero-order valence-corrected chi connectivity index (χ0v) is 13.6. The molecule has 0 atom stereocenters. The second kappa shape index (κ2) is 8.10. The molecule has 0 aromatic carbocycles. The average molecular weight is 293 g/mol. The molecule has 0 spiro atoms. The lowest BCUT2D eigenvalue weighted by Crippen LogP contribution is -2.39. The number of hydrogen-bond acceptors (Lipinski definition) is 5. The highest BCUT2D eigenvalue weighted by Crippen LogP contribution is 2.17. The van der Waals surface area contributed by atoms with E-state index in [2.05, 4.69) is 35.4 Å². The van der Waals surface area contributed by atoms with E-state index in [1.807, 2.05) is 6.07 Å². The number of ether oxygens (including phenoxy) is 1. The van der Waals surface area contributed by atoms with Crippen LogP contribution in [0.5, 0.6) is 0 Å². The van der Waals surface area contributed by atoms with E-state index in [4.69, 9.17) is 5.73 Å². The van der Waals surface area contributed by atoms with Crippen molar-refractivity contribution in [2.75, 3.05) is 26.7 Å². The molecule has 1 aromatic rings. The molecule has 5 nitrogen and oxygen atoms in total. The van der Waals surface area contributed by atoms with E-state index in [1.165, 1.54) is 7.11 Å². The van der Waals surface area contributed by atoms with Crippen molar-refractivity contribution in [3.63, 3.8) is 0 Å². The minimum Gasteiger partial charge on any atom is -0.465 e. The van der Waals surface area contributed by atoms with Crippen molar-refractivity contribution in [3.8, 4) is 0 Å². The highest BCUT2D eigenvalue weighted by Gasteiger charge is 2.20. The van der Waals surface area contributed by atoms with Crippen LogP contribution < -0.4 is 5.73 Å². The van der Waals surface area contributed by atoms with Crippen LogP contribution in [0.15, 0.2) is 18.3 Å². The van der Waals surface area contributed by atoms with Gasteiger partial charge < -0.3 is 10.5 Å². The average Bonchev–Trinajstić information content (AvgIpc) is 2.47. The van der Waals surface area contributed by atoms with Gasteiger partial charge in [-0.25, -0.2) is 4.79 Å². The van der Waals surface area contributed by atoms with E-state index in [-0.39, 0.29) is 11.4 Å². The molecule has 1 aromatic heterocycles. The van der Waals surface area contributed by atoms with E-state index in [0.29, 0.717) is 12.1 Å². The Bertz CT molecular complexity index is 443. The van der Waals surface area contributed by atoms with E-state index < -0.39 is 0 Å². The number of methoxy groups -OCH3 is 1. The van der Waals surface area contributed by atoms with Gasteiger partial charge in [0.2, 0.25) is 0 Å². The maximum atomic E-state index is 11.4. The number of aromatic nitrogens is 1. The molecule has 0 bridgehead atoms. The van der Waals surface area contributed by atoms with Gasteiger partial charge in [0.1, 0.15) is 0 Å². The largest absolute Gasteiger partial charge is 0.465 e. The maximum Gasteiger partial charge on any atom is 0.339 e. The van der Waals surface area contributed by atoms with Crippen molar-refractivity contribution in [1.82, 2.24) is 9.88 Å². The third-order valence-electron chi connectivity index (χ3n) is 3.38. The van der Waals surface area contributed by atoms with Gasteiger partial charge in [0, 0.05) is 19.3 Å². The van der Waals surface area contributed by atoms with E-state index in [0.717, 1.165) is 31.7 Å². The molecule has 1 heterocycles. The van der Waals surface area contributed by atoms with Crippen LogP contribution in [0.1, 0.15) is 43.2 Å². The first-order chi connectivity index (χ1) is 9.91. The predicted octanol–water partition coefficient (Wildman–Crippen LogP) is 2.07.